The van der Waals surface area contributed by atoms with Crippen LogP contribution in [-0.4, -0.2) is 19.3 Å². The first-order chi connectivity index (χ1) is 9.98. The fourth-order valence-corrected chi connectivity index (χ4v) is 3.43. The predicted octanol–water partition coefficient (Wildman–Crippen LogP) is 2.09. The molecule has 0 atom stereocenters. The lowest BCUT2D eigenvalue weighted by molar-refractivity contribution is 0.375. The highest BCUT2D eigenvalue weighted by Crippen LogP contribution is 2.21. The Morgan fingerprint density at radius 3 is 2.67 bits per heavy atom. The third kappa shape index (κ3) is 3.31. The molecule has 0 fully saturated rings. The van der Waals surface area contributed by atoms with Crippen molar-refractivity contribution in [3.63, 3.8) is 0 Å². The number of sulfonamides is 1. The smallest absolute Gasteiger partial charge is 0.243 e. The first-order valence-electron chi connectivity index (χ1n) is 6.50. The van der Waals surface area contributed by atoms with E-state index < -0.39 is 15.8 Å². The van der Waals surface area contributed by atoms with Gasteiger partial charge in [0.2, 0.25) is 10.0 Å². The average Bonchev–Trinajstić information content (AvgIpc) is 2.97. The van der Waals surface area contributed by atoms with Crippen LogP contribution in [0.5, 0.6) is 0 Å². The van der Waals surface area contributed by atoms with Gasteiger partial charge >= 0.3 is 0 Å². The fraction of sp³-hybridized carbons (Fsp3) is 0.286. The highest BCUT2D eigenvalue weighted by molar-refractivity contribution is 7.89. The molecule has 0 saturated heterocycles. The molecule has 0 spiro atoms. The summed E-state index contributed by atoms with van der Waals surface area (Å²) in [6.07, 6.45) is 1.49. The summed E-state index contributed by atoms with van der Waals surface area (Å²) in [6.45, 7) is 2.08. The molecular formula is C14H17FN2O3S. The Balaban J connectivity index is 2.35. The number of nitrogens with two attached hydrogens (primary N) is 1. The molecule has 2 aromatic rings. The largest absolute Gasteiger partial charge is 0.468 e. The van der Waals surface area contributed by atoms with Crippen LogP contribution in [0.25, 0.3) is 0 Å². The molecule has 0 aliphatic rings. The van der Waals surface area contributed by atoms with E-state index in [0.717, 1.165) is 6.07 Å². The molecule has 1 aromatic heterocycles. The third-order valence-electron chi connectivity index (χ3n) is 3.14. The van der Waals surface area contributed by atoms with Gasteiger partial charge < -0.3 is 10.2 Å². The van der Waals surface area contributed by atoms with E-state index in [4.69, 9.17) is 10.2 Å². The van der Waals surface area contributed by atoms with E-state index in [2.05, 4.69) is 0 Å². The van der Waals surface area contributed by atoms with Gasteiger partial charge in [-0.1, -0.05) is 6.92 Å². The minimum atomic E-state index is -3.73. The number of nitrogens with zero attached hydrogens (tertiary/aromatic N) is 1. The zero-order valence-corrected chi connectivity index (χ0v) is 12.4. The van der Waals surface area contributed by atoms with Crippen LogP contribution in [0.4, 0.5) is 4.39 Å². The Morgan fingerprint density at radius 1 is 1.33 bits per heavy atom. The fourth-order valence-electron chi connectivity index (χ4n) is 1.96. The van der Waals surface area contributed by atoms with E-state index in [1.54, 1.807) is 19.1 Å². The minimum absolute atomic E-state index is 0.0257. The topological polar surface area (TPSA) is 76.5 Å². The van der Waals surface area contributed by atoms with E-state index in [-0.39, 0.29) is 30.1 Å². The molecule has 0 bridgehead atoms. The quantitative estimate of drug-likeness (QED) is 0.886. The molecule has 0 aliphatic heterocycles. The van der Waals surface area contributed by atoms with Crippen LogP contribution in [0.2, 0.25) is 0 Å². The molecule has 0 radical (unpaired) electrons. The Hall–Kier alpha value is -1.70. The average molecular weight is 312 g/mol. The predicted molar refractivity (Wildman–Crippen MR) is 76.3 cm³/mol. The van der Waals surface area contributed by atoms with E-state index in [1.165, 1.54) is 22.7 Å². The maximum atomic E-state index is 13.4. The number of rotatable bonds is 6. The van der Waals surface area contributed by atoms with Gasteiger partial charge in [-0.2, -0.15) is 4.31 Å². The zero-order chi connectivity index (χ0) is 15.5. The molecule has 7 heteroatoms. The molecule has 21 heavy (non-hydrogen) atoms. The zero-order valence-electron chi connectivity index (χ0n) is 11.6. The monoisotopic (exact) mass is 312 g/mol. The summed E-state index contributed by atoms with van der Waals surface area (Å²) in [4.78, 5) is 0.0257. The van der Waals surface area contributed by atoms with E-state index in [1.807, 2.05) is 0 Å². The van der Waals surface area contributed by atoms with E-state index in [0.29, 0.717) is 5.76 Å². The van der Waals surface area contributed by atoms with Crippen molar-refractivity contribution >= 4 is 10.0 Å². The van der Waals surface area contributed by atoms with Gasteiger partial charge in [0.05, 0.1) is 17.7 Å². The first kappa shape index (κ1) is 15.7. The molecule has 0 amide bonds. The maximum absolute atomic E-state index is 13.4. The second-order valence-corrected chi connectivity index (χ2v) is 6.41. The van der Waals surface area contributed by atoms with Gasteiger partial charge in [0, 0.05) is 18.7 Å². The molecule has 114 valence electrons. The van der Waals surface area contributed by atoms with Crippen LogP contribution < -0.4 is 5.73 Å². The third-order valence-corrected chi connectivity index (χ3v) is 5.06. The molecule has 2 rings (SSSR count). The van der Waals surface area contributed by atoms with Gasteiger partial charge in [0.25, 0.3) is 0 Å². The van der Waals surface area contributed by atoms with Crippen molar-refractivity contribution < 1.29 is 17.2 Å². The van der Waals surface area contributed by atoms with E-state index >= 15 is 0 Å². The summed E-state index contributed by atoms with van der Waals surface area (Å²) in [7, 11) is -3.73. The van der Waals surface area contributed by atoms with Crippen LogP contribution in [0.3, 0.4) is 0 Å². The van der Waals surface area contributed by atoms with Crippen LogP contribution in [-0.2, 0) is 23.1 Å². The Labute approximate surface area is 123 Å². The first-order valence-corrected chi connectivity index (χ1v) is 7.94. The van der Waals surface area contributed by atoms with Gasteiger partial charge in [-0.05, 0) is 30.3 Å². The minimum Gasteiger partial charge on any atom is -0.468 e. The normalized spacial score (nSPS) is 12.0. The van der Waals surface area contributed by atoms with Gasteiger partial charge in [0.15, 0.2) is 0 Å². The molecule has 2 N–H and O–H groups in total. The van der Waals surface area contributed by atoms with Gasteiger partial charge in [-0.25, -0.2) is 12.8 Å². The van der Waals surface area contributed by atoms with Crippen LogP contribution in [0.15, 0.2) is 45.9 Å². The standard InChI is InChI=1S/C14H17FN2O3S/c1-2-17(10-12-4-3-7-20-12)21(18,19)13-5-6-14(15)11(8-13)9-16/h3-8H,2,9-10,16H2,1H3. The lowest BCUT2D eigenvalue weighted by Crippen LogP contribution is -2.30. The molecule has 0 unspecified atom stereocenters. The maximum Gasteiger partial charge on any atom is 0.243 e. The van der Waals surface area contributed by atoms with Gasteiger partial charge in [0.1, 0.15) is 11.6 Å². The summed E-state index contributed by atoms with van der Waals surface area (Å²) in [6, 6.07) is 7.04. The second-order valence-electron chi connectivity index (χ2n) is 4.47. The Bertz CT molecular complexity index is 699. The van der Waals surface area contributed by atoms with Crippen molar-refractivity contribution in [3.8, 4) is 0 Å². The van der Waals surface area contributed by atoms with Crippen molar-refractivity contribution in [2.75, 3.05) is 6.54 Å². The van der Waals surface area contributed by atoms with Crippen LogP contribution in [0.1, 0.15) is 18.2 Å². The molecule has 5 nitrogen and oxygen atoms in total. The summed E-state index contributed by atoms with van der Waals surface area (Å²) < 4.78 is 45.1. The highest BCUT2D eigenvalue weighted by Gasteiger charge is 2.24. The number of benzene rings is 1. The molecule has 1 heterocycles. The van der Waals surface area contributed by atoms with Crippen LogP contribution >= 0.6 is 0 Å². The molecule has 1 aromatic carbocycles. The van der Waals surface area contributed by atoms with Crippen molar-refractivity contribution in [1.29, 1.82) is 0 Å². The summed E-state index contributed by atoms with van der Waals surface area (Å²) >= 11 is 0. The number of halogens is 1. The number of hydrogen-bond donors (Lipinski definition) is 1. The number of furan rings is 1. The van der Waals surface area contributed by atoms with Gasteiger partial charge in [-0.3, -0.25) is 0 Å². The molecule has 0 aliphatic carbocycles. The van der Waals surface area contributed by atoms with Crippen molar-refractivity contribution in [2.24, 2.45) is 5.73 Å². The van der Waals surface area contributed by atoms with Crippen molar-refractivity contribution in [2.45, 2.75) is 24.9 Å². The molecule has 0 saturated carbocycles. The number of hydrogen-bond acceptors (Lipinski definition) is 4. The Morgan fingerprint density at radius 2 is 2.10 bits per heavy atom. The van der Waals surface area contributed by atoms with Crippen molar-refractivity contribution in [3.05, 3.63) is 53.7 Å². The van der Waals surface area contributed by atoms with E-state index in [9.17, 15) is 12.8 Å². The van der Waals surface area contributed by atoms with Crippen LogP contribution in [0, 0.1) is 5.82 Å². The summed E-state index contributed by atoms with van der Waals surface area (Å²) in [5.74, 6) is 0.0344. The van der Waals surface area contributed by atoms with Gasteiger partial charge in [-0.15, -0.1) is 0 Å². The SMILES string of the molecule is CCN(Cc1ccco1)S(=O)(=O)c1ccc(F)c(CN)c1. The van der Waals surface area contributed by atoms with Crippen molar-refractivity contribution in [1.82, 2.24) is 4.31 Å². The second kappa shape index (κ2) is 6.38. The molecular weight excluding hydrogens is 295 g/mol. The summed E-state index contributed by atoms with van der Waals surface area (Å²) in [5.41, 5.74) is 5.59. The Kier molecular flexibility index (Phi) is 4.76. The lowest BCUT2D eigenvalue weighted by atomic mass is 10.2. The highest BCUT2D eigenvalue weighted by atomic mass is 32.2. The summed E-state index contributed by atoms with van der Waals surface area (Å²) in [5, 5.41) is 0. The lowest BCUT2D eigenvalue weighted by Gasteiger charge is -2.19.